The van der Waals surface area contributed by atoms with Crippen molar-refractivity contribution >= 4 is 5.91 Å². The maximum atomic E-state index is 11.9. The lowest BCUT2D eigenvalue weighted by Gasteiger charge is -2.39. The largest absolute Gasteiger partial charge is 0.352 e. The van der Waals surface area contributed by atoms with Gasteiger partial charge < -0.3 is 5.32 Å². The van der Waals surface area contributed by atoms with Crippen LogP contribution in [0.25, 0.3) is 0 Å². The van der Waals surface area contributed by atoms with Crippen molar-refractivity contribution in [3.8, 4) is 0 Å². The first-order valence-electron chi connectivity index (χ1n) is 9.78. The maximum Gasteiger partial charge on any atom is 0.243 e. The second kappa shape index (κ2) is 10.1. The minimum absolute atomic E-state index is 0.128. The third-order valence-electron chi connectivity index (χ3n) is 5.39. The van der Waals surface area contributed by atoms with Gasteiger partial charge in [0.25, 0.3) is 0 Å². The second-order valence-corrected chi connectivity index (χ2v) is 7.20. The normalized spacial score (nSPS) is 14.4. The summed E-state index contributed by atoms with van der Waals surface area (Å²) in [6.07, 6.45) is 2.25. The van der Waals surface area contributed by atoms with Gasteiger partial charge in [0, 0.05) is 18.0 Å². The van der Waals surface area contributed by atoms with E-state index >= 15 is 0 Å². The molecular weight excluding hydrogens is 332 g/mol. The summed E-state index contributed by atoms with van der Waals surface area (Å²) in [6, 6.07) is 21.4. The Hall–Kier alpha value is -2.39. The smallest absolute Gasteiger partial charge is 0.243 e. The van der Waals surface area contributed by atoms with Gasteiger partial charge in [-0.25, -0.2) is 0 Å². The summed E-state index contributed by atoms with van der Waals surface area (Å²) in [7, 11) is 0. The van der Waals surface area contributed by atoms with Crippen LogP contribution in [-0.4, -0.2) is 30.4 Å². The molecule has 0 fully saturated rings. The number of amides is 1. The number of hydrogen-bond donors (Lipinski definition) is 1. The van der Waals surface area contributed by atoms with Crippen LogP contribution < -0.4 is 5.32 Å². The van der Waals surface area contributed by atoms with Crippen molar-refractivity contribution in [2.75, 3.05) is 19.6 Å². The van der Waals surface area contributed by atoms with E-state index in [4.69, 9.17) is 0 Å². The number of carbonyl (C=O) groups excluding carboxylic acids is 1. The van der Waals surface area contributed by atoms with Gasteiger partial charge in [0.05, 0.1) is 0 Å². The van der Waals surface area contributed by atoms with E-state index in [2.05, 4.69) is 92.2 Å². The van der Waals surface area contributed by atoms with Crippen LogP contribution in [-0.2, 0) is 10.2 Å². The highest BCUT2D eigenvalue weighted by Gasteiger charge is 2.33. The Kier molecular flexibility index (Phi) is 7.81. The zero-order chi connectivity index (χ0) is 19.7. The number of nitrogens with one attached hydrogen (secondary N) is 1. The van der Waals surface area contributed by atoms with Crippen LogP contribution in [0.2, 0.25) is 0 Å². The SMILES string of the molecule is C=CC(=O)NCC(C)(CC(c1ccccc1)N(CC)CC)c1ccccc1. The number of rotatable bonds is 10. The third-order valence-corrected chi connectivity index (χ3v) is 5.39. The van der Waals surface area contributed by atoms with E-state index < -0.39 is 0 Å². The predicted molar refractivity (Wildman–Crippen MR) is 114 cm³/mol. The Morgan fingerprint density at radius 3 is 2.15 bits per heavy atom. The van der Waals surface area contributed by atoms with Crippen LogP contribution in [0, 0.1) is 0 Å². The number of hydrogen-bond acceptors (Lipinski definition) is 2. The van der Waals surface area contributed by atoms with Crippen molar-refractivity contribution in [1.29, 1.82) is 0 Å². The van der Waals surface area contributed by atoms with E-state index in [0.717, 1.165) is 19.5 Å². The predicted octanol–water partition coefficient (Wildman–Crippen LogP) is 4.72. The fraction of sp³-hybridized carbons (Fsp3) is 0.375. The van der Waals surface area contributed by atoms with E-state index in [1.54, 1.807) is 0 Å². The lowest BCUT2D eigenvalue weighted by atomic mass is 9.75. The zero-order valence-corrected chi connectivity index (χ0v) is 16.8. The molecular formula is C24H32N2O. The minimum atomic E-state index is -0.191. The summed E-state index contributed by atoms with van der Waals surface area (Å²) in [5.74, 6) is -0.128. The fourth-order valence-electron chi connectivity index (χ4n) is 3.71. The van der Waals surface area contributed by atoms with Crippen molar-refractivity contribution in [1.82, 2.24) is 10.2 Å². The van der Waals surface area contributed by atoms with Gasteiger partial charge in [-0.05, 0) is 36.7 Å². The second-order valence-electron chi connectivity index (χ2n) is 7.20. The average molecular weight is 365 g/mol. The van der Waals surface area contributed by atoms with Crippen LogP contribution in [0.3, 0.4) is 0 Å². The van der Waals surface area contributed by atoms with Crippen LogP contribution in [0.15, 0.2) is 73.3 Å². The Labute approximate surface area is 164 Å². The molecule has 27 heavy (non-hydrogen) atoms. The van der Waals surface area contributed by atoms with Crippen molar-refractivity contribution in [2.45, 2.75) is 38.6 Å². The molecule has 0 heterocycles. The van der Waals surface area contributed by atoms with Crippen molar-refractivity contribution < 1.29 is 4.79 Å². The van der Waals surface area contributed by atoms with Gasteiger partial charge in [-0.15, -0.1) is 0 Å². The van der Waals surface area contributed by atoms with Gasteiger partial charge in [0.1, 0.15) is 0 Å². The average Bonchev–Trinajstić information content (AvgIpc) is 2.73. The first-order chi connectivity index (χ1) is 13.0. The van der Waals surface area contributed by atoms with Gasteiger partial charge in [-0.3, -0.25) is 9.69 Å². The standard InChI is InChI=1S/C24H32N2O/c1-5-23(27)25-19-24(4,21-16-12-9-13-17-21)18-22(26(6-2)7-3)20-14-10-8-11-15-20/h5,8-17,22H,1,6-7,18-19H2,2-4H3,(H,25,27). The van der Waals surface area contributed by atoms with E-state index in [9.17, 15) is 4.79 Å². The van der Waals surface area contributed by atoms with Crippen LogP contribution >= 0.6 is 0 Å². The number of carbonyl (C=O) groups is 1. The maximum absolute atomic E-state index is 11.9. The summed E-state index contributed by atoms with van der Waals surface area (Å²) >= 11 is 0. The first kappa shape index (κ1) is 20.9. The Morgan fingerprint density at radius 1 is 1.07 bits per heavy atom. The molecule has 0 saturated carbocycles. The highest BCUT2D eigenvalue weighted by atomic mass is 16.1. The van der Waals surface area contributed by atoms with E-state index in [0.29, 0.717) is 6.54 Å². The van der Waals surface area contributed by atoms with E-state index in [1.807, 2.05) is 6.07 Å². The van der Waals surface area contributed by atoms with Gasteiger partial charge in [-0.1, -0.05) is 88.0 Å². The molecule has 3 heteroatoms. The highest BCUT2D eigenvalue weighted by molar-refractivity contribution is 5.86. The summed E-state index contributed by atoms with van der Waals surface area (Å²) in [4.78, 5) is 14.3. The third kappa shape index (κ3) is 5.54. The molecule has 2 aromatic rings. The number of benzene rings is 2. The topological polar surface area (TPSA) is 32.3 Å². The van der Waals surface area contributed by atoms with Crippen molar-refractivity contribution in [3.05, 3.63) is 84.4 Å². The van der Waals surface area contributed by atoms with Crippen molar-refractivity contribution in [2.24, 2.45) is 0 Å². The molecule has 0 bridgehead atoms. The lowest BCUT2D eigenvalue weighted by molar-refractivity contribution is -0.116. The van der Waals surface area contributed by atoms with Crippen molar-refractivity contribution in [3.63, 3.8) is 0 Å². The molecule has 0 saturated heterocycles. The minimum Gasteiger partial charge on any atom is -0.352 e. The molecule has 1 N–H and O–H groups in total. The first-order valence-corrected chi connectivity index (χ1v) is 9.78. The summed E-state index contributed by atoms with van der Waals surface area (Å²) in [5, 5.41) is 3.03. The van der Waals surface area contributed by atoms with Crippen LogP contribution in [0.4, 0.5) is 0 Å². The molecule has 0 aliphatic carbocycles. The summed E-state index contributed by atoms with van der Waals surface area (Å²) < 4.78 is 0. The molecule has 1 amide bonds. The fourth-order valence-corrected chi connectivity index (χ4v) is 3.71. The summed E-state index contributed by atoms with van der Waals surface area (Å²) in [6.45, 7) is 12.8. The highest BCUT2D eigenvalue weighted by Crippen LogP contribution is 2.36. The molecule has 0 aromatic heterocycles. The molecule has 2 unspecified atom stereocenters. The summed E-state index contributed by atoms with van der Waals surface area (Å²) in [5.41, 5.74) is 2.36. The van der Waals surface area contributed by atoms with Gasteiger partial charge in [0.2, 0.25) is 5.91 Å². The molecule has 0 aliphatic heterocycles. The molecule has 2 aromatic carbocycles. The molecule has 2 rings (SSSR count). The van der Waals surface area contributed by atoms with Gasteiger partial charge in [-0.2, -0.15) is 0 Å². The Morgan fingerprint density at radius 2 is 1.63 bits per heavy atom. The van der Waals surface area contributed by atoms with Gasteiger partial charge >= 0.3 is 0 Å². The molecule has 144 valence electrons. The zero-order valence-electron chi connectivity index (χ0n) is 16.8. The Balaban J connectivity index is 2.40. The molecule has 0 aliphatic rings. The molecule has 0 spiro atoms. The van der Waals surface area contributed by atoms with E-state index in [-0.39, 0.29) is 17.4 Å². The van der Waals surface area contributed by atoms with Crippen LogP contribution in [0.5, 0.6) is 0 Å². The van der Waals surface area contributed by atoms with Crippen LogP contribution in [0.1, 0.15) is 44.4 Å². The van der Waals surface area contributed by atoms with E-state index in [1.165, 1.54) is 17.2 Å². The lowest BCUT2D eigenvalue weighted by Crippen LogP contribution is -2.42. The number of nitrogens with zero attached hydrogens (tertiary/aromatic N) is 1. The monoisotopic (exact) mass is 364 g/mol. The Bertz CT molecular complexity index is 710. The molecule has 0 radical (unpaired) electrons. The molecule has 2 atom stereocenters. The molecule has 3 nitrogen and oxygen atoms in total. The van der Waals surface area contributed by atoms with Gasteiger partial charge in [0.15, 0.2) is 0 Å². The quantitative estimate of drug-likeness (QED) is 0.619.